The van der Waals surface area contributed by atoms with Crippen LogP contribution < -0.4 is 0 Å². The summed E-state index contributed by atoms with van der Waals surface area (Å²) in [4.78, 5) is 28.2. The van der Waals surface area contributed by atoms with E-state index in [1.807, 2.05) is 0 Å². The Bertz CT molecular complexity index is 821. The second kappa shape index (κ2) is 7.11. The first-order valence-corrected chi connectivity index (χ1v) is 8.76. The number of pyridine rings is 1. The molecule has 1 aliphatic rings. The van der Waals surface area contributed by atoms with E-state index in [-0.39, 0.29) is 29.3 Å². The Kier molecular flexibility index (Phi) is 5.11. The molecule has 1 heterocycles. The maximum absolute atomic E-state index is 14.2. The Balaban J connectivity index is 1.71. The van der Waals surface area contributed by atoms with Crippen LogP contribution in [-0.2, 0) is 11.2 Å². The van der Waals surface area contributed by atoms with Crippen LogP contribution in [0.5, 0.6) is 0 Å². The Labute approximate surface area is 152 Å². The third-order valence-electron chi connectivity index (χ3n) is 3.99. The standard InChI is InChI=1S/C18H14BrClFNO2/c19-15-8-14(16(21)9-13(15)10-3-4-10)17(24)7-12(23)6-11-2-1-5-22-18(11)20/h1-2,5,8-10H,3-4,6-7H2. The van der Waals surface area contributed by atoms with Gasteiger partial charge in [0.05, 0.1) is 12.0 Å². The Morgan fingerprint density at radius 2 is 2.08 bits per heavy atom. The molecule has 2 aromatic rings. The number of aromatic nitrogens is 1. The molecule has 1 aliphatic carbocycles. The average molecular weight is 411 g/mol. The van der Waals surface area contributed by atoms with E-state index in [0.29, 0.717) is 11.5 Å². The van der Waals surface area contributed by atoms with Gasteiger partial charge in [0.1, 0.15) is 16.8 Å². The van der Waals surface area contributed by atoms with Gasteiger partial charge in [-0.2, -0.15) is 0 Å². The van der Waals surface area contributed by atoms with Crippen molar-refractivity contribution in [3.63, 3.8) is 0 Å². The molecular weight excluding hydrogens is 397 g/mol. The van der Waals surface area contributed by atoms with E-state index in [1.54, 1.807) is 12.1 Å². The lowest BCUT2D eigenvalue weighted by atomic mass is 9.99. The highest BCUT2D eigenvalue weighted by atomic mass is 79.9. The SMILES string of the molecule is O=C(CC(=O)c1cc(Br)c(C2CC2)cc1F)Cc1cccnc1Cl. The topological polar surface area (TPSA) is 47.0 Å². The molecule has 0 aliphatic heterocycles. The maximum Gasteiger partial charge on any atom is 0.173 e. The summed E-state index contributed by atoms with van der Waals surface area (Å²) in [5.41, 5.74) is 1.39. The number of halogens is 3. The van der Waals surface area contributed by atoms with Gasteiger partial charge in [-0.05, 0) is 48.1 Å². The van der Waals surface area contributed by atoms with Crippen molar-refractivity contribution < 1.29 is 14.0 Å². The molecule has 0 bridgehead atoms. The van der Waals surface area contributed by atoms with Crippen LogP contribution >= 0.6 is 27.5 Å². The number of rotatable bonds is 6. The first-order chi connectivity index (χ1) is 11.5. The fraction of sp³-hybridized carbons (Fsp3) is 0.278. The molecule has 1 aromatic carbocycles. The number of benzene rings is 1. The van der Waals surface area contributed by atoms with Crippen LogP contribution in [0.1, 0.15) is 46.7 Å². The fourth-order valence-corrected chi connectivity index (χ4v) is 3.44. The summed E-state index contributed by atoms with van der Waals surface area (Å²) in [7, 11) is 0. The molecule has 0 N–H and O–H groups in total. The smallest absolute Gasteiger partial charge is 0.173 e. The number of carbonyl (C=O) groups is 2. The molecule has 1 aromatic heterocycles. The van der Waals surface area contributed by atoms with Crippen LogP contribution in [0.15, 0.2) is 34.9 Å². The van der Waals surface area contributed by atoms with Crippen molar-refractivity contribution in [3.8, 4) is 0 Å². The lowest BCUT2D eigenvalue weighted by Crippen LogP contribution is -2.13. The van der Waals surface area contributed by atoms with Crippen molar-refractivity contribution in [1.29, 1.82) is 0 Å². The highest BCUT2D eigenvalue weighted by Crippen LogP contribution is 2.44. The van der Waals surface area contributed by atoms with E-state index in [2.05, 4.69) is 20.9 Å². The maximum atomic E-state index is 14.2. The average Bonchev–Trinajstić information content (AvgIpc) is 3.36. The Morgan fingerprint density at radius 3 is 2.75 bits per heavy atom. The molecule has 1 fully saturated rings. The summed E-state index contributed by atoms with van der Waals surface area (Å²) in [5, 5.41) is 0.237. The molecule has 0 amide bonds. The lowest BCUT2D eigenvalue weighted by molar-refractivity contribution is -0.117. The molecule has 1 saturated carbocycles. The van der Waals surface area contributed by atoms with Gasteiger partial charge in [0.2, 0.25) is 0 Å². The molecular formula is C18H14BrClFNO2. The monoisotopic (exact) mass is 409 g/mol. The van der Waals surface area contributed by atoms with Gasteiger partial charge in [-0.3, -0.25) is 9.59 Å². The Morgan fingerprint density at radius 1 is 1.33 bits per heavy atom. The predicted octanol–water partition coefficient (Wildman–Crippen LogP) is 4.90. The van der Waals surface area contributed by atoms with Crippen LogP contribution in [0.3, 0.4) is 0 Å². The molecule has 0 saturated heterocycles. The summed E-state index contributed by atoms with van der Waals surface area (Å²) >= 11 is 9.30. The second-order valence-electron chi connectivity index (χ2n) is 5.90. The van der Waals surface area contributed by atoms with Gasteiger partial charge in [-0.1, -0.05) is 33.6 Å². The van der Waals surface area contributed by atoms with Crippen LogP contribution in [-0.4, -0.2) is 16.6 Å². The van der Waals surface area contributed by atoms with E-state index in [9.17, 15) is 14.0 Å². The number of hydrogen-bond donors (Lipinski definition) is 0. The minimum Gasteiger partial charge on any atom is -0.299 e. The van der Waals surface area contributed by atoms with Gasteiger partial charge in [0.25, 0.3) is 0 Å². The van der Waals surface area contributed by atoms with E-state index < -0.39 is 11.6 Å². The molecule has 24 heavy (non-hydrogen) atoms. The number of nitrogens with zero attached hydrogens (tertiary/aromatic N) is 1. The van der Waals surface area contributed by atoms with Gasteiger partial charge >= 0.3 is 0 Å². The van der Waals surface area contributed by atoms with Gasteiger partial charge < -0.3 is 0 Å². The van der Waals surface area contributed by atoms with Crippen molar-refractivity contribution in [2.45, 2.75) is 31.6 Å². The van der Waals surface area contributed by atoms with Crippen LogP contribution in [0.2, 0.25) is 5.15 Å². The first kappa shape index (κ1) is 17.2. The van der Waals surface area contributed by atoms with Crippen molar-refractivity contribution in [2.24, 2.45) is 0 Å². The zero-order chi connectivity index (χ0) is 17.3. The van der Waals surface area contributed by atoms with Gasteiger partial charge in [-0.15, -0.1) is 0 Å². The molecule has 0 atom stereocenters. The van der Waals surface area contributed by atoms with Crippen LogP contribution in [0.4, 0.5) is 4.39 Å². The summed E-state index contributed by atoms with van der Waals surface area (Å²) < 4.78 is 14.9. The molecule has 3 nitrogen and oxygen atoms in total. The fourth-order valence-electron chi connectivity index (χ4n) is 2.58. The Hall–Kier alpha value is -1.59. The largest absolute Gasteiger partial charge is 0.299 e. The van der Waals surface area contributed by atoms with Crippen molar-refractivity contribution in [2.75, 3.05) is 0 Å². The number of carbonyl (C=O) groups excluding carboxylic acids is 2. The third kappa shape index (κ3) is 3.90. The first-order valence-electron chi connectivity index (χ1n) is 7.59. The predicted molar refractivity (Wildman–Crippen MR) is 93.0 cm³/mol. The number of ketones is 2. The third-order valence-corrected chi connectivity index (χ3v) is 5.01. The quantitative estimate of drug-likeness (QED) is 0.387. The highest BCUT2D eigenvalue weighted by Gasteiger charge is 2.28. The summed E-state index contributed by atoms with van der Waals surface area (Å²) in [6, 6.07) is 6.23. The summed E-state index contributed by atoms with van der Waals surface area (Å²) in [6.45, 7) is 0. The van der Waals surface area contributed by atoms with Gasteiger partial charge in [-0.25, -0.2) is 9.37 Å². The minimum atomic E-state index is -0.572. The van der Waals surface area contributed by atoms with Crippen molar-refractivity contribution in [3.05, 3.63) is 62.6 Å². The van der Waals surface area contributed by atoms with Gasteiger partial charge in [0.15, 0.2) is 5.78 Å². The zero-order valence-electron chi connectivity index (χ0n) is 12.7. The summed E-state index contributed by atoms with van der Waals surface area (Å²) in [6.07, 6.45) is 3.24. The summed E-state index contributed by atoms with van der Waals surface area (Å²) in [5.74, 6) is -1.05. The molecule has 0 radical (unpaired) electrons. The van der Waals surface area contributed by atoms with E-state index in [4.69, 9.17) is 11.6 Å². The van der Waals surface area contributed by atoms with Crippen molar-refractivity contribution >= 4 is 39.1 Å². The molecule has 0 unspecified atom stereocenters. The van der Waals surface area contributed by atoms with E-state index in [0.717, 1.165) is 22.9 Å². The second-order valence-corrected chi connectivity index (χ2v) is 7.11. The molecule has 6 heteroatoms. The van der Waals surface area contributed by atoms with E-state index in [1.165, 1.54) is 18.3 Å². The molecule has 0 spiro atoms. The highest BCUT2D eigenvalue weighted by molar-refractivity contribution is 9.10. The zero-order valence-corrected chi connectivity index (χ0v) is 15.0. The van der Waals surface area contributed by atoms with Crippen molar-refractivity contribution in [1.82, 2.24) is 4.98 Å². The van der Waals surface area contributed by atoms with Gasteiger partial charge in [0, 0.05) is 17.1 Å². The van der Waals surface area contributed by atoms with E-state index >= 15 is 0 Å². The van der Waals surface area contributed by atoms with Crippen LogP contribution in [0, 0.1) is 5.82 Å². The molecule has 124 valence electrons. The van der Waals surface area contributed by atoms with Crippen LogP contribution in [0.25, 0.3) is 0 Å². The number of hydrogen-bond acceptors (Lipinski definition) is 3. The normalized spacial score (nSPS) is 13.8. The lowest BCUT2D eigenvalue weighted by Gasteiger charge is -2.08. The molecule has 3 rings (SSSR count). The number of Topliss-reactive ketones (excluding diaryl/α,β-unsaturated/α-hetero) is 2. The minimum absolute atomic E-state index is 0.00135.